The van der Waals surface area contributed by atoms with E-state index < -0.39 is 47.2 Å². The standard InChI is InChI=1S/C45H43N7O8S3/c1-28(59-44(56)57-24-29-13-5-2-6-14-29)58-42(55)39-30(21-22-33-26-63-51-50-33)25-61-41-38(40(54)52(39)41)49-37(53)23-47-60-45(31-15-7-3-8-16-31,32-17-9-4-10-18-32)35-20-12-11-19-34(35)36-27-62-43(46)48-36/h3-4,7-12,15-23,26-29,38,41H,2,5-6,13-14,24-25H2,1H3,(H2,46,48)(H,49,53)/b22-21-,47-23-. The average molecular weight is 906 g/mol. The zero-order valence-corrected chi connectivity index (χ0v) is 36.5. The Morgan fingerprint density at radius 1 is 0.952 bits per heavy atom. The molecule has 63 heavy (non-hydrogen) atoms. The molecule has 3 N–H and O–H groups in total. The van der Waals surface area contributed by atoms with Crippen LogP contribution in [0.1, 0.15) is 61.4 Å². The molecule has 1 saturated heterocycles. The van der Waals surface area contributed by atoms with Gasteiger partial charge in [-0.2, -0.15) is 0 Å². The second-order valence-corrected chi connectivity index (χ2v) is 17.5. The molecular formula is C45H43N7O8S3. The van der Waals surface area contributed by atoms with Gasteiger partial charge in [0, 0.05) is 45.7 Å². The van der Waals surface area contributed by atoms with Crippen LogP contribution in [0.25, 0.3) is 17.3 Å². The number of aromatic nitrogens is 3. The van der Waals surface area contributed by atoms with Gasteiger partial charge in [-0.15, -0.1) is 28.2 Å². The first-order chi connectivity index (χ1) is 30.7. The van der Waals surface area contributed by atoms with Crippen LogP contribution in [0.4, 0.5) is 9.93 Å². The number of nitrogen functional groups attached to an aromatic ring is 1. The number of carbonyl (C=O) groups excluding carboxylic acids is 4. The Kier molecular flexibility index (Phi) is 13.6. The zero-order valence-electron chi connectivity index (χ0n) is 34.0. The highest BCUT2D eigenvalue weighted by Crippen LogP contribution is 2.45. The van der Waals surface area contributed by atoms with E-state index in [0.717, 1.165) is 48.6 Å². The van der Waals surface area contributed by atoms with Crippen molar-refractivity contribution in [2.75, 3.05) is 18.1 Å². The third kappa shape index (κ3) is 9.67. The number of ether oxygens (including phenoxy) is 3. The summed E-state index contributed by atoms with van der Waals surface area (Å²) in [5, 5.41) is 14.4. The highest BCUT2D eigenvalue weighted by atomic mass is 32.2. The van der Waals surface area contributed by atoms with Gasteiger partial charge in [0.1, 0.15) is 23.3 Å². The molecule has 3 atom stereocenters. The Balaban J connectivity index is 1.00. The minimum Gasteiger partial charge on any atom is -0.434 e. The van der Waals surface area contributed by atoms with Crippen LogP contribution < -0.4 is 11.1 Å². The quantitative estimate of drug-likeness (QED) is 0.0261. The number of amides is 2. The Morgan fingerprint density at radius 3 is 2.35 bits per heavy atom. The highest BCUT2D eigenvalue weighted by molar-refractivity contribution is 8.00. The van der Waals surface area contributed by atoms with Crippen molar-refractivity contribution in [1.82, 2.24) is 24.8 Å². The number of carbonyl (C=O) groups is 4. The Hall–Kier alpha value is -6.37. The molecule has 1 saturated carbocycles. The molecule has 3 aliphatic rings. The summed E-state index contributed by atoms with van der Waals surface area (Å²) in [5.74, 6) is -1.60. The number of β-lactam (4-membered cyclic amide) rings is 1. The molecule has 15 nitrogen and oxygen atoms in total. The number of hydrogen-bond donors (Lipinski definition) is 2. The predicted octanol–water partition coefficient (Wildman–Crippen LogP) is 7.53. The number of oxime groups is 1. The summed E-state index contributed by atoms with van der Waals surface area (Å²) in [6.45, 7) is 1.63. The molecule has 2 fully saturated rings. The van der Waals surface area contributed by atoms with Crippen LogP contribution >= 0.6 is 34.6 Å². The highest BCUT2D eigenvalue weighted by Gasteiger charge is 2.54. The maximum atomic E-state index is 13.9. The molecule has 0 radical (unpaired) electrons. The minimum atomic E-state index is -1.37. The lowest BCUT2D eigenvalue weighted by molar-refractivity contribution is -0.169. The van der Waals surface area contributed by atoms with Crippen LogP contribution in [0.2, 0.25) is 0 Å². The molecular weight excluding hydrogens is 863 g/mol. The van der Waals surface area contributed by atoms with Gasteiger partial charge in [-0.3, -0.25) is 14.5 Å². The van der Waals surface area contributed by atoms with Gasteiger partial charge < -0.3 is 30.1 Å². The van der Waals surface area contributed by atoms with Crippen molar-refractivity contribution in [2.24, 2.45) is 11.1 Å². The van der Waals surface area contributed by atoms with E-state index in [1.165, 1.54) is 52.9 Å². The smallest absolute Gasteiger partial charge is 0.434 e. The monoisotopic (exact) mass is 905 g/mol. The van der Waals surface area contributed by atoms with Gasteiger partial charge in [0.25, 0.3) is 11.8 Å². The average Bonchev–Trinajstić information content (AvgIpc) is 4.01. The van der Waals surface area contributed by atoms with E-state index in [2.05, 4.69) is 25.0 Å². The van der Waals surface area contributed by atoms with Crippen molar-refractivity contribution >= 4 is 76.0 Å². The summed E-state index contributed by atoms with van der Waals surface area (Å²) >= 11 is 3.83. The molecule has 2 amide bonds. The fourth-order valence-electron chi connectivity index (χ4n) is 7.88. The minimum absolute atomic E-state index is 0.0484. The maximum Gasteiger partial charge on any atom is 0.511 e. The van der Waals surface area contributed by atoms with Crippen LogP contribution in [0.3, 0.4) is 0 Å². The SMILES string of the molecule is CC(OC(=O)OCC1CCCCC1)OC(=O)C1=C(/C=C\c2csnn2)CSC2C(NC(=O)/C=N\OC(c3ccccc3)(c3ccccc3)c3ccccc3-c3csc(N)n3)C(=O)N12. The van der Waals surface area contributed by atoms with E-state index in [4.69, 9.17) is 24.8 Å². The van der Waals surface area contributed by atoms with Gasteiger partial charge in [0.2, 0.25) is 11.9 Å². The number of benzene rings is 3. The van der Waals surface area contributed by atoms with Crippen molar-refractivity contribution in [3.05, 3.63) is 135 Å². The number of nitrogens with zero attached hydrogens (tertiary/aromatic N) is 5. The first-order valence-electron chi connectivity index (χ1n) is 20.3. The molecule has 324 valence electrons. The Morgan fingerprint density at radius 2 is 1.67 bits per heavy atom. The second-order valence-electron chi connectivity index (χ2n) is 14.9. The zero-order chi connectivity index (χ0) is 43.8. The van der Waals surface area contributed by atoms with Gasteiger partial charge in [-0.25, -0.2) is 14.6 Å². The summed E-state index contributed by atoms with van der Waals surface area (Å²) in [4.78, 5) is 66.2. The first kappa shape index (κ1) is 43.3. The molecule has 1 aliphatic carbocycles. The lowest BCUT2D eigenvalue weighted by atomic mass is 9.78. The number of anilines is 1. The maximum absolute atomic E-state index is 13.9. The normalized spacial score (nSPS) is 18.4. The number of nitrogens with two attached hydrogens (primary N) is 1. The summed E-state index contributed by atoms with van der Waals surface area (Å²) in [6, 6.07) is 25.6. The molecule has 0 spiro atoms. The van der Waals surface area contributed by atoms with Crippen molar-refractivity contribution in [3.8, 4) is 11.3 Å². The number of thioether (sulfide) groups is 1. The van der Waals surface area contributed by atoms with Gasteiger partial charge in [0.15, 0.2) is 5.13 Å². The molecule has 3 unspecified atom stereocenters. The number of esters is 1. The number of fused-ring (bicyclic) bond motifs is 1. The van der Waals surface area contributed by atoms with E-state index >= 15 is 0 Å². The topological polar surface area (TPSA) is 198 Å². The van der Waals surface area contributed by atoms with Crippen molar-refractivity contribution < 1.29 is 38.2 Å². The van der Waals surface area contributed by atoms with Gasteiger partial charge >= 0.3 is 12.1 Å². The summed E-state index contributed by atoms with van der Waals surface area (Å²) in [6.07, 6.45) is 7.37. The lowest BCUT2D eigenvalue weighted by Gasteiger charge is -2.49. The molecule has 4 heterocycles. The van der Waals surface area contributed by atoms with Gasteiger partial charge in [0.05, 0.1) is 18.0 Å². The fraction of sp³-hybridized carbons (Fsp3) is 0.289. The molecule has 18 heteroatoms. The molecule has 2 aromatic heterocycles. The molecule has 5 aromatic rings. The van der Waals surface area contributed by atoms with Crippen LogP contribution in [0.15, 0.2) is 118 Å². The Labute approximate surface area is 375 Å². The Bertz CT molecular complexity index is 2470. The van der Waals surface area contributed by atoms with Crippen LogP contribution in [0.5, 0.6) is 0 Å². The second kappa shape index (κ2) is 19.8. The third-order valence-electron chi connectivity index (χ3n) is 10.8. The fourth-order valence-corrected chi connectivity index (χ4v) is 10.2. The van der Waals surface area contributed by atoms with Gasteiger partial charge in [-0.1, -0.05) is 120 Å². The first-order valence-corrected chi connectivity index (χ1v) is 23.1. The lowest BCUT2D eigenvalue weighted by Crippen LogP contribution is -2.70. The molecule has 3 aromatic carbocycles. The summed E-state index contributed by atoms with van der Waals surface area (Å²) < 4.78 is 20.0. The van der Waals surface area contributed by atoms with E-state index in [1.54, 1.807) is 17.5 Å². The number of rotatable bonds is 15. The number of allylic oxidation sites excluding steroid dienone is 1. The van der Waals surface area contributed by atoms with E-state index in [1.807, 2.05) is 90.3 Å². The van der Waals surface area contributed by atoms with Crippen LogP contribution in [-0.4, -0.2) is 79.7 Å². The van der Waals surface area contributed by atoms with Gasteiger partial charge in [-0.05, 0) is 41.9 Å². The predicted molar refractivity (Wildman–Crippen MR) is 240 cm³/mol. The third-order valence-corrected chi connectivity index (χ3v) is 13.3. The van der Waals surface area contributed by atoms with Crippen molar-refractivity contribution in [3.63, 3.8) is 0 Å². The summed E-state index contributed by atoms with van der Waals surface area (Å²) in [7, 11) is 0. The number of thiazole rings is 1. The molecule has 2 aliphatic heterocycles. The van der Waals surface area contributed by atoms with Crippen LogP contribution in [-0.2, 0) is 39.0 Å². The number of nitrogens with one attached hydrogen (secondary N) is 1. The van der Waals surface area contributed by atoms with Crippen LogP contribution in [0, 0.1) is 5.92 Å². The van der Waals surface area contributed by atoms with Crippen molar-refractivity contribution in [2.45, 2.75) is 62.3 Å². The number of hydrogen-bond acceptors (Lipinski definition) is 16. The van der Waals surface area contributed by atoms with E-state index in [9.17, 15) is 19.2 Å². The molecule has 0 bridgehead atoms. The van der Waals surface area contributed by atoms with Crippen molar-refractivity contribution in [1.29, 1.82) is 0 Å². The summed E-state index contributed by atoms with van der Waals surface area (Å²) in [5.41, 5.74) is 9.23. The van der Waals surface area contributed by atoms with E-state index in [-0.39, 0.29) is 24.0 Å². The largest absolute Gasteiger partial charge is 0.511 e. The molecule has 8 rings (SSSR count). The van der Waals surface area contributed by atoms with E-state index in [0.29, 0.717) is 27.7 Å².